The highest BCUT2D eigenvalue weighted by Crippen LogP contribution is 2.37. The Labute approximate surface area is 131 Å². The molecule has 0 amide bonds. The summed E-state index contributed by atoms with van der Waals surface area (Å²) in [7, 11) is 0. The molecule has 1 aliphatic rings. The van der Waals surface area contributed by atoms with Crippen LogP contribution in [0.1, 0.15) is 36.2 Å². The fourth-order valence-electron chi connectivity index (χ4n) is 2.57. The summed E-state index contributed by atoms with van der Waals surface area (Å²) in [5, 5.41) is 21.3. The molecule has 0 bridgehead atoms. The smallest absolute Gasteiger partial charge is 0.341 e. The van der Waals surface area contributed by atoms with Gasteiger partial charge in [0.25, 0.3) is 0 Å². The average Bonchev–Trinajstić information content (AvgIpc) is 3.30. The van der Waals surface area contributed by atoms with E-state index in [9.17, 15) is 24.2 Å². The second-order valence-electron chi connectivity index (χ2n) is 5.89. The van der Waals surface area contributed by atoms with Gasteiger partial charge in [0.05, 0.1) is 17.3 Å². The molecule has 0 spiro atoms. The van der Waals surface area contributed by atoms with E-state index in [1.807, 2.05) is 0 Å². The van der Waals surface area contributed by atoms with Crippen LogP contribution in [0.25, 0.3) is 10.9 Å². The third-order valence-electron chi connectivity index (χ3n) is 3.88. The summed E-state index contributed by atoms with van der Waals surface area (Å²) in [4.78, 5) is 23.5. The van der Waals surface area contributed by atoms with Crippen molar-refractivity contribution in [1.29, 1.82) is 0 Å². The number of fused-ring (bicyclic) bond motifs is 1. The Morgan fingerprint density at radius 3 is 2.74 bits per heavy atom. The van der Waals surface area contributed by atoms with Gasteiger partial charge in [-0.15, -0.1) is 0 Å². The van der Waals surface area contributed by atoms with Crippen LogP contribution in [-0.2, 0) is 0 Å². The molecule has 1 fully saturated rings. The van der Waals surface area contributed by atoms with Crippen molar-refractivity contribution in [3.63, 3.8) is 0 Å². The van der Waals surface area contributed by atoms with Gasteiger partial charge in [-0.2, -0.15) is 0 Å². The van der Waals surface area contributed by atoms with E-state index in [2.05, 4.69) is 5.32 Å². The first-order chi connectivity index (χ1) is 10.9. The summed E-state index contributed by atoms with van der Waals surface area (Å²) >= 11 is 0. The Hall–Kier alpha value is -2.41. The molecule has 6 nitrogen and oxygen atoms in total. The molecule has 122 valence electrons. The number of aliphatic hydroxyl groups excluding tert-OH is 1. The van der Waals surface area contributed by atoms with Crippen LogP contribution >= 0.6 is 0 Å². The molecule has 1 unspecified atom stereocenters. The van der Waals surface area contributed by atoms with E-state index in [0.717, 1.165) is 18.9 Å². The zero-order valence-corrected chi connectivity index (χ0v) is 12.5. The van der Waals surface area contributed by atoms with E-state index in [4.69, 9.17) is 0 Å². The molecule has 3 N–H and O–H groups in total. The molecule has 7 heteroatoms. The number of nitrogens with one attached hydrogen (secondary N) is 1. The van der Waals surface area contributed by atoms with Crippen molar-refractivity contribution >= 4 is 22.6 Å². The molecule has 1 aromatic carbocycles. The van der Waals surface area contributed by atoms with Gasteiger partial charge in [-0.25, -0.2) is 9.18 Å². The number of nitrogens with zero attached hydrogens (tertiary/aromatic N) is 1. The van der Waals surface area contributed by atoms with Crippen LogP contribution in [0.2, 0.25) is 0 Å². The maximum atomic E-state index is 14.2. The van der Waals surface area contributed by atoms with Crippen molar-refractivity contribution in [3.8, 4) is 0 Å². The van der Waals surface area contributed by atoms with Crippen LogP contribution in [0.15, 0.2) is 23.1 Å². The van der Waals surface area contributed by atoms with E-state index in [1.165, 1.54) is 12.3 Å². The highest BCUT2D eigenvalue weighted by Gasteiger charge is 2.27. The Morgan fingerprint density at radius 2 is 2.17 bits per heavy atom. The minimum Gasteiger partial charge on any atom is -0.477 e. The Morgan fingerprint density at radius 1 is 1.48 bits per heavy atom. The first-order valence-corrected chi connectivity index (χ1v) is 7.42. The fourth-order valence-corrected chi connectivity index (χ4v) is 2.57. The van der Waals surface area contributed by atoms with Crippen LogP contribution in [0, 0.1) is 5.82 Å². The SMILES string of the molecule is CC(O)CNc1cc2c(cc1F)c(=O)c(C(=O)O)cn2C1CC1. The number of hydrogen-bond donors (Lipinski definition) is 3. The van der Waals surface area contributed by atoms with Crippen LogP contribution in [0.3, 0.4) is 0 Å². The van der Waals surface area contributed by atoms with Gasteiger partial charge in [0.1, 0.15) is 11.4 Å². The van der Waals surface area contributed by atoms with Crippen molar-refractivity contribution in [2.75, 3.05) is 11.9 Å². The third kappa shape index (κ3) is 2.92. The lowest BCUT2D eigenvalue weighted by atomic mass is 10.1. The molecule has 0 aliphatic heterocycles. The van der Waals surface area contributed by atoms with E-state index >= 15 is 0 Å². The summed E-state index contributed by atoms with van der Waals surface area (Å²) in [6, 6.07) is 2.69. The maximum absolute atomic E-state index is 14.2. The van der Waals surface area contributed by atoms with E-state index < -0.39 is 23.3 Å². The molecule has 1 heterocycles. The lowest BCUT2D eigenvalue weighted by Crippen LogP contribution is -2.20. The molecule has 1 aromatic heterocycles. The number of pyridine rings is 1. The van der Waals surface area contributed by atoms with Crippen LogP contribution in [0.5, 0.6) is 0 Å². The van der Waals surface area contributed by atoms with Crippen LogP contribution < -0.4 is 10.7 Å². The van der Waals surface area contributed by atoms with Gasteiger partial charge in [-0.1, -0.05) is 0 Å². The standard InChI is InChI=1S/C16H17FN2O4/c1-8(20)6-18-13-5-14-10(4-12(13)17)15(21)11(16(22)23)7-19(14)9-2-3-9/h4-5,7-9,18,20H,2-3,6H2,1H3,(H,22,23). The lowest BCUT2D eigenvalue weighted by Gasteiger charge is -2.15. The van der Waals surface area contributed by atoms with E-state index in [-0.39, 0.29) is 29.2 Å². The first-order valence-electron chi connectivity index (χ1n) is 7.42. The highest BCUT2D eigenvalue weighted by atomic mass is 19.1. The number of carboxylic acid groups (broad SMARTS) is 1. The van der Waals surface area contributed by atoms with Crippen molar-refractivity contribution in [2.45, 2.75) is 31.9 Å². The molecule has 0 radical (unpaired) electrons. The van der Waals surface area contributed by atoms with E-state index in [0.29, 0.717) is 5.52 Å². The van der Waals surface area contributed by atoms with Gasteiger partial charge in [0.2, 0.25) is 5.43 Å². The van der Waals surface area contributed by atoms with Gasteiger partial charge >= 0.3 is 5.97 Å². The minimum atomic E-state index is -1.32. The molecule has 1 atom stereocenters. The molecule has 3 rings (SSSR count). The minimum absolute atomic E-state index is 0.0527. The summed E-state index contributed by atoms with van der Waals surface area (Å²) < 4.78 is 15.9. The maximum Gasteiger partial charge on any atom is 0.341 e. The number of halogens is 1. The molecule has 23 heavy (non-hydrogen) atoms. The van der Waals surface area contributed by atoms with E-state index in [1.54, 1.807) is 11.5 Å². The highest BCUT2D eigenvalue weighted by molar-refractivity contribution is 5.93. The summed E-state index contributed by atoms with van der Waals surface area (Å²) in [6.45, 7) is 1.74. The predicted molar refractivity (Wildman–Crippen MR) is 83.6 cm³/mol. The Bertz CT molecular complexity index is 840. The van der Waals surface area contributed by atoms with Crippen molar-refractivity contribution in [2.24, 2.45) is 0 Å². The van der Waals surface area contributed by atoms with Crippen molar-refractivity contribution in [1.82, 2.24) is 4.57 Å². The lowest BCUT2D eigenvalue weighted by molar-refractivity contribution is 0.0695. The van der Waals surface area contributed by atoms with Gasteiger partial charge < -0.3 is 20.1 Å². The number of carboxylic acids is 1. The third-order valence-corrected chi connectivity index (χ3v) is 3.88. The number of carbonyl (C=O) groups is 1. The molecule has 1 saturated carbocycles. The molecule has 2 aromatic rings. The van der Waals surface area contributed by atoms with Crippen molar-refractivity contribution in [3.05, 3.63) is 39.9 Å². The average molecular weight is 320 g/mol. The van der Waals surface area contributed by atoms with Gasteiger partial charge in [-0.05, 0) is 31.9 Å². The largest absolute Gasteiger partial charge is 0.477 e. The molecular formula is C16H17FN2O4. The zero-order valence-electron chi connectivity index (χ0n) is 12.5. The summed E-state index contributed by atoms with van der Waals surface area (Å²) in [5.41, 5.74) is -0.369. The molecule has 0 saturated heterocycles. The monoisotopic (exact) mass is 320 g/mol. The Balaban J connectivity index is 2.21. The first kappa shape index (κ1) is 15.5. The van der Waals surface area contributed by atoms with Crippen LogP contribution in [-0.4, -0.2) is 33.4 Å². The number of benzene rings is 1. The summed E-state index contributed by atoms with van der Waals surface area (Å²) in [5.74, 6) is -1.97. The fraction of sp³-hybridized carbons (Fsp3) is 0.375. The van der Waals surface area contributed by atoms with Crippen LogP contribution in [0.4, 0.5) is 10.1 Å². The number of aliphatic hydroxyl groups is 1. The number of aromatic carboxylic acids is 1. The zero-order chi connectivity index (χ0) is 16.7. The second kappa shape index (κ2) is 5.66. The number of hydrogen-bond acceptors (Lipinski definition) is 4. The number of anilines is 1. The van der Waals surface area contributed by atoms with Gasteiger partial charge in [0, 0.05) is 24.2 Å². The van der Waals surface area contributed by atoms with Gasteiger partial charge in [-0.3, -0.25) is 4.79 Å². The Kier molecular flexibility index (Phi) is 3.81. The van der Waals surface area contributed by atoms with Gasteiger partial charge in [0.15, 0.2) is 0 Å². The second-order valence-corrected chi connectivity index (χ2v) is 5.89. The summed E-state index contributed by atoms with van der Waals surface area (Å²) in [6.07, 6.45) is 2.47. The topological polar surface area (TPSA) is 91.6 Å². The molecule has 1 aliphatic carbocycles. The normalized spacial score (nSPS) is 15.6. The molecular weight excluding hydrogens is 303 g/mol. The predicted octanol–water partition coefficient (Wildman–Crippen LogP) is 1.97. The number of aromatic nitrogens is 1. The quantitative estimate of drug-likeness (QED) is 0.783. The number of rotatable bonds is 5. The van der Waals surface area contributed by atoms with Crippen molar-refractivity contribution < 1.29 is 19.4 Å².